The quantitative estimate of drug-likeness (QED) is 0.916. The summed E-state index contributed by atoms with van der Waals surface area (Å²) in [6.07, 6.45) is 0. The van der Waals surface area contributed by atoms with Crippen LogP contribution in [0.1, 0.15) is 27.3 Å². The minimum absolute atomic E-state index is 0.0423. The van der Waals surface area contributed by atoms with Crippen LogP contribution >= 0.6 is 0 Å². The average molecular weight is 258 g/mol. The molecule has 0 radical (unpaired) electrons. The van der Waals surface area contributed by atoms with Crippen LogP contribution in [0.5, 0.6) is 11.8 Å². The van der Waals surface area contributed by atoms with Gasteiger partial charge in [0.15, 0.2) is 5.69 Å². The molecule has 0 aliphatic heterocycles. The third-order valence-electron chi connectivity index (χ3n) is 2.74. The van der Waals surface area contributed by atoms with Gasteiger partial charge in [0.1, 0.15) is 5.75 Å². The number of benzene rings is 1. The average Bonchev–Trinajstić information content (AvgIpc) is 2.33. The molecule has 0 saturated heterocycles. The van der Waals surface area contributed by atoms with Crippen LogP contribution in [0.15, 0.2) is 24.3 Å². The lowest BCUT2D eigenvalue weighted by Gasteiger charge is -2.07. The standard InChI is InChI=1S/C14H14N2O3/c1-8-4-5-11(6-9(8)2)19-14-15-10(3)7-12(16-14)13(17)18/h4-7H,1-3H3,(H,17,18). The van der Waals surface area contributed by atoms with Gasteiger partial charge in [0.2, 0.25) is 0 Å². The van der Waals surface area contributed by atoms with Crippen molar-refractivity contribution in [2.75, 3.05) is 0 Å². The predicted molar refractivity (Wildman–Crippen MR) is 69.7 cm³/mol. The lowest BCUT2D eigenvalue weighted by atomic mass is 10.1. The molecule has 1 aromatic carbocycles. The highest BCUT2D eigenvalue weighted by Gasteiger charge is 2.10. The van der Waals surface area contributed by atoms with Gasteiger partial charge in [0.25, 0.3) is 0 Å². The van der Waals surface area contributed by atoms with Crippen molar-refractivity contribution in [2.45, 2.75) is 20.8 Å². The summed E-state index contributed by atoms with van der Waals surface area (Å²) in [5, 5.41) is 8.93. The molecule has 1 aromatic heterocycles. The molecule has 98 valence electrons. The van der Waals surface area contributed by atoms with Crippen LogP contribution in [0, 0.1) is 20.8 Å². The summed E-state index contributed by atoms with van der Waals surface area (Å²) in [7, 11) is 0. The number of hydrogen-bond donors (Lipinski definition) is 1. The van der Waals surface area contributed by atoms with Crippen LogP contribution in [-0.2, 0) is 0 Å². The van der Waals surface area contributed by atoms with Crippen molar-refractivity contribution in [3.63, 3.8) is 0 Å². The summed E-state index contributed by atoms with van der Waals surface area (Å²) in [5.74, 6) is -0.513. The SMILES string of the molecule is Cc1cc(C(=O)O)nc(Oc2ccc(C)c(C)c2)n1. The Balaban J connectivity index is 2.32. The number of aryl methyl sites for hydroxylation is 3. The van der Waals surface area contributed by atoms with E-state index in [0.29, 0.717) is 11.4 Å². The minimum Gasteiger partial charge on any atom is -0.477 e. The molecule has 19 heavy (non-hydrogen) atoms. The van der Waals surface area contributed by atoms with E-state index in [1.54, 1.807) is 13.0 Å². The van der Waals surface area contributed by atoms with Crippen molar-refractivity contribution in [1.29, 1.82) is 0 Å². The summed E-state index contributed by atoms with van der Waals surface area (Å²) in [5.41, 5.74) is 2.71. The van der Waals surface area contributed by atoms with E-state index in [2.05, 4.69) is 9.97 Å². The van der Waals surface area contributed by atoms with Crippen LogP contribution < -0.4 is 4.74 Å². The molecule has 2 aromatic rings. The number of nitrogens with zero attached hydrogens (tertiary/aromatic N) is 2. The zero-order valence-corrected chi connectivity index (χ0v) is 11.0. The normalized spacial score (nSPS) is 10.3. The molecular weight excluding hydrogens is 244 g/mol. The van der Waals surface area contributed by atoms with E-state index in [1.807, 2.05) is 26.0 Å². The van der Waals surface area contributed by atoms with Gasteiger partial charge in [-0.2, -0.15) is 4.98 Å². The van der Waals surface area contributed by atoms with Gasteiger partial charge >= 0.3 is 12.0 Å². The van der Waals surface area contributed by atoms with Gasteiger partial charge in [-0.1, -0.05) is 6.07 Å². The third-order valence-corrected chi connectivity index (χ3v) is 2.74. The van der Waals surface area contributed by atoms with Crippen molar-refractivity contribution in [3.8, 4) is 11.8 Å². The van der Waals surface area contributed by atoms with E-state index in [-0.39, 0.29) is 11.7 Å². The second-order valence-electron chi connectivity index (χ2n) is 4.33. The van der Waals surface area contributed by atoms with E-state index in [1.165, 1.54) is 6.07 Å². The highest BCUT2D eigenvalue weighted by Crippen LogP contribution is 2.21. The highest BCUT2D eigenvalue weighted by atomic mass is 16.5. The van der Waals surface area contributed by atoms with E-state index >= 15 is 0 Å². The summed E-state index contributed by atoms with van der Waals surface area (Å²) >= 11 is 0. The number of rotatable bonds is 3. The first-order chi connectivity index (χ1) is 8.95. The Morgan fingerprint density at radius 1 is 1.11 bits per heavy atom. The van der Waals surface area contributed by atoms with Gasteiger partial charge in [-0.25, -0.2) is 9.78 Å². The van der Waals surface area contributed by atoms with Crippen molar-refractivity contribution < 1.29 is 14.6 Å². The fourth-order valence-corrected chi connectivity index (χ4v) is 1.58. The number of carbonyl (C=O) groups is 1. The maximum atomic E-state index is 10.9. The number of aromatic carboxylic acids is 1. The monoisotopic (exact) mass is 258 g/mol. The molecule has 0 fully saturated rings. The molecule has 0 saturated carbocycles. The first-order valence-corrected chi connectivity index (χ1v) is 5.80. The maximum absolute atomic E-state index is 10.9. The van der Waals surface area contributed by atoms with Gasteiger partial charge in [0.05, 0.1) is 0 Å². The first kappa shape index (κ1) is 13.0. The lowest BCUT2D eigenvalue weighted by molar-refractivity contribution is 0.0689. The van der Waals surface area contributed by atoms with Gasteiger partial charge in [-0.15, -0.1) is 0 Å². The minimum atomic E-state index is -1.10. The summed E-state index contributed by atoms with van der Waals surface area (Å²) in [4.78, 5) is 18.8. The van der Waals surface area contributed by atoms with Crippen LogP contribution in [0.3, 0.4) is 0 Å². The first-order valence-electron chi connectivity index (χ1n) is 5.80. The Labute approximate surface area is 110 Å². The Morgan fingerprint density at radius 3 is 2.47 bits per heavy atom. The number of ether oxygens (including phenoxy) is 1. The molecule has 2 rings (SSSR count). The fourth-order valence-electron chi connectivity index (χ4n) is 1.58. The van der Waals surface area contributed by atoms with E-state index < -0.39 is 5.97 Å². The Morgan fingerprint density at radius 2 is 1.84 bits per heavy atom. The third kappa shape index (κ3) is 3.07. The van der Waals surface area contributed by atoms with Crippen LogP contribution in [0.4, 0.5) is 0 Å². The smallest absolute Gasteiger partial charge is 0.354 e. The summed E-state index contributed by atoms with van der Waals surface area (Å²) in [6, 6.07) is 7.03. The molecule has 0 bridgehead atoms. The zero-order valence-electron chi connectivity index (χ0n) is 11.0. The van der Waals surface area contributed by atoms with Crippen molar-refractivity contribution in [2.24, 2.45) is 0 Å². The van der Waals surface area contributed by atoms with Gasteiger partial charge < -0.3 is 9.84 Å². The summed E-state index contributed by atoms with van der Waals surface area (Å²) < 4.78 is 5.50. The maximum Gasteiger partial charge on any atom is 0.354 e. The molecule has 0 aliphatic rings. The van der Waals surface area contributed by atoms with Crippen molar-refractivity contribution in [3.05, 3.63) is 46.8 Å². The van der Waals surface area contributed by atoms with Crippen LogP contribution in [0.2, 0.25) is 0 Å². The number of carboxylic acid groups (broad SMARTS) is 1. The van der Waals surface area contributed by atoms with Crippen LogP contribution in [0.25, 0.3) is 0 Å². The highest BCUT2D eigenvalue weighted by molar-refractivity contribution is 5.85. The molecule has 0 aliphatic carbocycles. The predicted octanol–water partition coefficient (Wildman–Crippen LogP) is 2.89. The fraction of sp³-hybridized carbons (Fsp3) is 0.214. The van der Waals surface area contributed by atoms with Gasteiger partial charge in [-0.05, 0) is 50.1 Å². The molecule has 1 N–H and O–H groups in total. The molecular formula is C14H14N2O3. The largest absolute Gasteiger partial charge is 0.477 e. The molecule has 0 atom stereocenters. The van der Waals surface area contributed by atoms with E-state index in [4.69, 9.17) is 9.84 Å². The van der Waals surface area contributed by atoms with Gasteiger partial charge in [0, 0.05) is 5.69 Å². The van der Waals surface area contributed by atoms with Crippen LogP contribution in [-0.4, -0.2) is 21.0 Å². The molecule has 0 amide bonds. The molecule has 0 unspecified atom stereocenters. The molecule has 5 nitrogen and oxygen atoms in total. The topological polar surface area (TPSA) is 72.3 Å². The molecule has 1 heterocycles. The van der Waals surface area contributed by atoms with Gasteiger partial charge in [-0.3, -0.25) is 0 Å². The van der Waals surface area contributed by atoms with Crippen molar-refractivity contribution >= 4 is 5.97 Å². The van der Waals surface area contributed by atoms with Crippen molar-refractivity contribution in [1.82, 2.24) is 9.97 Å². The van der Waals surface area contributed by atoms with E-state index in [9.17, 15) is 4.79 Å². The Bertz CT molecular complexity index is 639. The number of hydrogen-bond acceptors (Lipinski definition) is 4. The Kier molecular flexibility index (Phi) is 3.46. The Hall–Kier alpha value is -2.43. The number of carboxylic acids is 1. The zero-order chi connectivity index (χ0) is 14.0. The van der Waals surface area contributed by atoms with E-state index in [0.717, 1.165) is 11.1 Å². The molecule has 5 heteroatoms. The number of aromatic nitrogens is 2. The second kappa shape index (κ2) is 5.06. The molecule has 0 spiro atoms. The second-order valence-corrected chi connectivity index (χ2v) is 4.33. The lowest BCUT2D eigenvalue weighted by Crippen LogP contribution is -2.04. The summed E-state index contributed by atoms with van der Waals surface area (Å²) in [6.45, 7) is 5.67.